The molecule has 4 heteroatoms. The summed E-state index contributed by atoms with van der Waals surface area (Å²) in [7, 11) is 0. The van der Waals surface area contributed by atoms with Gasteiger partial charge in [-0.05, 0) is 43.6 Å². The number of rotatable bonds is 5. The fraction of sp³-hybridized carbons (Fsp3) is 0.625. The molecule has 0 spiro atoms. The first-order chi connectivity index (χ1) is 9.85. The quantitative estimate of drug-likeness (QED) is 0.887. The number of likely N-dealkylation sites (N-methyl/N-ethyl adjacent to an activating group) is 1. The highest BCUT2D eigenvalue weighted by Gasteiger charge is 2.21. The SMILES string of the molecule is CCNC1CCN(CCc2ccc3c(c2)OCCO3)C1. The molecule has 1 fully saturated rings. The van der Waals surface area contributed by atoms with E-state index in [1.54, 1.807) is 0 Å². The van der Waals surface area contributed by atoms with E-state index in [4.69, 9.17) is 9.47 Å². The van der Waals surface area contributed by atoms with Gasteiger partial charge in [0.25, 0.3) is 0 Å². The Labute approximate surface area is 121 Å². The molecular formula is C16H24N2O2. The van der Waals surface area contributed by atoms with Gasteiger partial charge in [-0.2, -0.15) is 0 Å². The molecule has 1 atom stereocenters. The summed E-state index contributed by atoms with van der Waals surface area (Å²) in [6, 6.07) is 7.01. The Morgan fingerprint density at radius 2 is 2.10 bits per heavy atom. The highest BCUT2D eigenvalue weighted by molar-refractivity contribution is 5.43. The predicted molar refractivity (Wildman–Crippen MR) is 79.7 cm³/mol. The van der Waals surface area contributed by atoms with Crippen LogP contribution in [0.25, 0.3) is 0 Å². The van der Waals surface area contributed by atoms with Crippen molar-refractivity contribution in [2.45, 2.75) is 25.8 Å². The second-order valence-corrected chi connectivity index (χ2v) is 5.57. The minimum Gasteiger partial charge on any atom is -0.486 e. The number of fused-ring (bicyclic) bond motifs is 1. The largest absolute Gasteiger partial charge is 0.486 e. The van der Waals surface area contributed by atoms with E-state index < -0.39 is 0 Å². The lowest BCUT2D eigenvalue weighted by atomic mass is 10.1. The number of benzene rings is 1. The number of nitrogens with one attached hydrogen (secondary N) is 1. The normalized spacial score (nSPS) is 22.1. The fourth-order valence-corrected chi connectivity index (χ4v) is 3.02. The molecule has 1 unspecified atom stereocenters. The summed E-state index contributed by atoms with van der Waals surface area (Å²) in [6.07, 6.45) is 2.35. The Balaban J connectivity index is 1.51. The zero-order valence-electron chi connectivity index (χ0n) is 12.2. The molecular weight excluding hydrogens is 252 g/mol. The summed E-state index contributed by atoms with van der Waals surface area (Å²) in [5.41, 5.74) is 1.33. The third-order valence-corrected chi connectivity index (χ3v) is 4.09. The highest BCUT2D eigenvalue weighted by atomic mass is 16.6. The summed E-state index contributed by atoms with van der Waals surface area (Å²) in [4.78, 5) is 2.55. The van der Waals surface area contributed by atoms with Gasteiger partial charge in [-0.3, -0.25) is 0 Å². The van der Waals surface area contributed by atoms with Gasteiger partial charge in [0.1, 0.15) is 13.2 Å². The molecule has 0 radical (unpaired) electrons. The van der Waals surface area contributed by atoms with E-state index in [2.05, 4.69) is 29.3 Å². The van der Waals surface area contributed by atoms with Crippen LogP contribution < -0.4 is 14.8 Å². The second-order valence-electron chi connectivity index (χ2n) is 5.57. The molecule has 2 aliphatic rings. The summed E-state index contributed by atoms with van der Waals surface area (Å²) >= 11 is 0. The number of nitrogens with zero attached hydrogens (tertiary/aromatic N) is 1. The van der Waals surface area contributed by atoms with E-state index in [1.165, 1.54) is 25.1 Å². The molecule has 1 N–H and O–H groups in total. The summed E-state index contributed by atoms with van der Waals surface area (Å²) in [6.45, 7) is 8.08. The first-order valence-corrected chi connectivity index (χ1v) is 7.69. The van der Waals surface area contributed by atoms with Crippen molar-refractivity contribution in [2.75, 3.05) is 39.4 Å². The van der Waals surface area contributed by atoms with Gasteiger partial charge >= 0.3 is 0 Å². The van der Waals surface area contributed by atoms with Crippen molar-refractivity contribution in [2.24, 2.45) is 0 Å². The van der Waals surface area contributed by atoms with Gasteiger partial charge in [0.2, 0.25) is 0 Å². The monoisotopic (exact) mass is 276 g/mol. The van der Waals surface area contributed by atoms with Crippen LogP contribution in [-0.2, 0) is 6.42 Å². The summed E-state index contributed by atoms with van der Waals surface area (Å²) < 4.78 is 11.2. The fourth-order valence-electron chi connectivity index (χ4n) is 3.02. The molecule has 0 bridgehead atoms. The first kappa shape index (κ1) is 13.7. The number of hydrogen-bond donors (Lipinski definition) is 1. The summed E-state index contributed by atoms with van der Waals surface area (Å²) in [5.74, 6) is 1.79. The van der Waals surface area contributed by atoms with Crippen LogP contribution in [-0.4, -0.2) is 50.3 Å². The molecule has 4 nitrogen and oxygen atoms in total. The van der Waals surface area contributed by atoms with Gasteiger partial charge in [-0.25, -0.2) is 0 Å². The lowest BCUT2D eigenvalue weighted by Gasteiger charge is -2.20. The van der Waals surface area contributed by atoms with E-state index in [9.17, 15) is 0 Å². The maximum atomic E-state index is 5.64. The molecule has 0 aromatic heterocycles. The molecule has 1 aromatic rings. The van der Waals surface area contributed by atoms with Gasteiger partial charge in [-0.1, -0.05) is 13.0 Å². The van der Waals surface area contributed by atoms with Crippen LogP contribution in [0.4, 0.5) is 0 Å². The minimum atomic E-state index is 0.659. The Morgan fingerprint density at radius 1 is 1.25 bits per heavy atom. The van der Waals surface area contributed by atoms with Gasteiger partial charge in [0, 0.05) is 19.1 Å². The van der Waals surface area contributed by atoms with Crippen LogP contribution in [0.5, 0.6) is 11.5 Å². The van der Waals surface area contributed by atoms with E-state index >= 15 is 0 Å². The number of hydrogen-bond acceptors (Lipinski definition) is 4. The third-order valence-electron chi connectivity index (χ3n) is 4.09. The van der Waals surface area contributed by atoms with Crippen molar-refractivity contribution in [3.05, 3.63) is 23.8 Å². The Bertz CT molecular complexity index is 450. The summed E-state index contributed by atoms with van der Waals surface area (Å²) in [5, 5.41) is 3.54. The van der Waals surface area contributed by atoms with E-state index in [0.29, 0.717) is 19.3 Å². The van der Waals surface area contributed by atoms with Gasteiger partial charge in [0.15, 0.2) is 11.5 Å². The van der Waals surface area contributed by atoms with Crippen molar-refractivity contribution in [3.63, 3.8) is 0 Å². The third kappa shape index (κ3) is 3.25. The lowest BCUT2D eigenvalue weighted by Crippen LogP contribution is -2.32. The zero-order chi connectivity index (χ0) is 13.8. The average molecular weight is 276 g/mol. The molecule has 1 saturated heterocycles. The van der Waals surface area contributed by atoms with Crippen molar-refractivity contribution in [1.82, 2.24) is 10.2 Å². The van der Waals surface area contributed by atoms with Gasteiger partial charge in [0.05, 0.1) is 0 Å². The molecule has 0 saturated carbocycles. The molecule has 1 aromatic carbocycles. The molecule has 110 valence electrons. The van der Waals surface area contributed by atoms with E-state index in [0.717, 1.165) is 31.0 Å². The zero-order valence-corrected chi connectivity index (χ0v) is 12.2. The maximum Gasteiger partial charge on any atom is 0.161 e. The lowest BCUT2D eigenvalue weighted by molar-refractivity contribution is 0.171. The van der Waals surface area contributed by atoms with Crippen molar-refractivity contribution >= 4 is 0 Å². The van der Waals surface area contributed by atoms with Crippen molar-refractivity contribution < 1.29 is 9.47 Å². The van der Waals surface area contributed by atoms with Crippen LogP contribution in [0.15, 0.2) is 18.2 Å². The second kappa shape index (κ2) is 6.46. The molecule has 20 heavy (non-hydrogen) atoms. The van der Waals surface area contributed by atoms with Crippen LogP contribution in [0.3, 0.4) is 0 Å². The molecule has 2 heterocycles. The number of ether oxygens (including phenoxy) is 2. The topological polar surface area (TPSA) is 33.7 Å². The standard InChI is InChI=1S/C16H24N2O2/c1-2-17-14-6-8-18(12-14)7-5-13-3-4-15-16(11-13)20-10-9-19-15/h3-4,11,14,17H,2,5-10,12H2,1H3. The molecule has 0 amide bonds. The van der Waals surface area contributed by atoms with E-state index in [1.807, 2.05) is 6.07 Å². The van der Waals surface area contributed by atoms with Crippen molar-refractivity contribution in [1.29, 1.82) is 0 Å². The highest BCUT2D eigenvalue weighted by Crippen LogP contribution is 2.30. The van der Waals surface area contributed by atoms with Gasteiger partial charge in [-0.15, -0.1) is 0 Å². The van der Waals surface area contributed by atoms with Crippen LogP contribution in [0.2, 0.25) is 0 Å². The smallest absolute Gasteiger partial charge is 0.161 e. The minimum absolute atomic E-state index is 0.659. The van der Waals surface area contributed by atoms with Crippen LogP contribution in [0.1, 0.15) is 18.9 Å². The average Bonchev–Trinajstić information content (AvgIpc) is 2.93. The van der Waals surface area contributed by atoms with E-state index in [-0.39, 0.29) is 0 Å². The number of likely N-dealkylation sites (tertiary alicyclic amines) is 1. The maximum absolute atomic E-state index is 5.64. The Kier molecular flexibility index (Phi) is 4.43. The predicted octanol–water partition coefficient (Wildman–Crippen LogP) is 1.68. The first-order valence-electron chi connectivity index (χ1n) is 7.69. The van der Waals surface area contributed by atoms with Gasteiger partial charge < -0.3 is 19.7 Å². The van der Waals surface area contributed by atoms with Crippen LogP contribution in [0, 0.1) is 0 Å². The molecule has 0 aliphatic carbocycles. The Hall–Kier alpha value is -1.26. The van der Waals surface area contributed by atoms with Crippen LogP contribution >= 0.6 is 0 Å². The van der Waals surface area contributed by atoms with Crippen molar-refractivity contribution in [3.8, 4) is 11.5 Å². The Morgan fingerprint density at radius 3 is 2.95 bits per heavy atom. The molecule has 3 rings (SSSR count). The molecule has 2 aliphatic heterocycles.